The molecular weight excluding hydrogens is 320 g/mol. The summed E-state index contributed by atoms with van der Waals surface area (Å²) in [5, 5.41) is 0. The molecule has 1 saturated heterocycles. The van der Waals surface area contributed by atoms with Crippen LogP contribution < -0.4 is 9.80 Å². The number of urea groups is 1. The molecule has 1 aliphatic heterocycles. The highest BCUT2D eigenvalue weighted by atomic mass is 16.2. The maximum Gasteiger partial charge on any atom is 0.329 e. The predicted molar refractivity (Wildman–Crippen MR) is 108 cm³/mol. The molecule has 0 unspecified atom stereocenters. The first kappa shape index (κ1) is 17.1. The summed E-state index contributed by atoms with van der Waals surface area (Å²) in [4.78, 5) is 16.8. The van der Waals surface area contributed by atoms with E-state index in [1.165, 1.54) is 43.2 Å². The average Bonchev–Trinajstić information content (AvgIpc) is 3.10. The number of aryl methyl sites for hydroxylation is 1. The van der Waals surface area contributed by atoms with Gasteiger partial charge < -0.3 is 0 Å². The first-order valence-corrected chi connectivity index (χ1v) is 10.0. The Morgan fingerprint density at radius 1 is 0.885 bits per heavy atom. The van der Waals surface area contributed by atoms with Gasteiger partial charge >= 0.3 is 6.03 Å². The van der Waals surface area contributed by atoms with Crippen molar-refractivity contribution in [1.29, 1.82) is 0 Å². The minimum Gasteiger partial charge on any atom is -0.292 e. The zero-order chi connectivity index (χ0) is 17.9. The molecule has 0 aromatic heterocycles. The summed E-state index contributed by atoms with van der Waals surface area (Å²) in [6.45, 7) is 3.65. The van der Waals surface area contributed by atoms with E-state index in [0.717, 1.165) is 30.9 Å². The van der Waals surface area contributed by atoms with Crippen LogP contribution in [0.3, 0.4) is 0 Å². The van der Waals surface area contributed by atoms with E-state index >= 15 is 0 Å². The lowest BCUT2D eigenvalue weighted by Crippen LogP contribution is -2.31. The summed E-state index contributed by atoms with van der Waals surface area (Å²) in [7, 11) is 0. The molecule has 0 N–H and O–H groups in total. The van der Waals surface area contributed by atoms with Gasteiger partial charge in [0, 0.05) is 24.5 Å². The number of rotatable bonds is 4. The largest absolute Gasteiger partial charge is 0.329 e. The summed E-state index contributed by atoms with van der Waals surface area (Å²) in [5.41, 5.74) is 4.75. The second-order valence-corrected chi connectivity index (χ2v) is 7.54. The van der Waals surface area contributed by atoms with Gasteiger partial charge in [-0.15, -0.1) is 0 Å². The van der Waals surface area contributed by atoms with Crippen LogP contribution in [-0.2, 0) is 6.42 Å². The highest BCUT2D eigenvalue weighted by molar-refractivity contribution is 6.06. The number of carbonyl (C=O) groups is 1. The van der Waals surface area contributed by atoms with E-state index in [2.05, 4.69) is 55.5 Å². The molecule has 0 radical (unpaired) electrons. The van der Waals surface area contributed by atoms with Crippen LogP contribution in [0.4, 0.5) is 16.2 Å². The van der Waals surface area contributed by atoms with Crippen molar-refractivity contribution in [2.24, 2.45) is 0 Å². The fourth-order valence-corrected chi connectivity index (χ4v) is 4.31. The monoisotopic (exact) mass is 348 g/mol. The first-order chi connectivity index (χ1) is 12.8. The van der Waals surface area contributed by atoms with Gasteiger partial charge in [-0.25, -0.2) is 4.79 Å². The van der Waals surface area contributed by atoms with Crippen molar-refractivity contribution in [1.82, 2.24) is 0 Å². The third kappa shape index (κ3) is 3.35. The number of anilines is 2. The molecule has 1 saturated carbocycles. The van der Waals surface area contributed by atoms with E-state index < -0.39 is 0 Å². The Kier molecular flexibility index (Phi) is 4.96. The van der Waals surface area contributed by atoms with Crippen molar-refractivity contribution in [2.45, 2.75) is 51.4 Å². The van der Waals surface area contributed by atoms with Crippen LogP contribution in [0.15, 0.2) is 48.5 Å². The Morgan fingerprint density at radius 2 is 1.58 bits per heavy atom. The van der Waals surface area contributed by atoms with E-state index in [4.69, 9.17) is 0 Å². The third-order valence-corrected chi connectivity index (χ3v) is 5.92. The molecule has 2 aliphatic rings. The van der Waals surface area contributed by atoms with Crippen molar-refractivity contribution < 1.29 is 4.79 Å². The standard InChI is InChI=1S/C23H28N2O/c1-2-18-11-13-21(14-12-18)24-15-16-25(23(24)26)22-10-6-9-20(17-22)19-7-4-3-5-8-19/h6,9-14,17,19H,2-5,7-8,15-16H2,1H3. The smallest absolute Gasteiger partial charge is 0.292 e. The Bertz CT molecular complexity index is 762. The number of benzene rings is 2. The molecule has 2 amide bonds. The Balaban J connectivity index is 1.52. The summed E-state index contributed by atoms with van der Waals surface area (Å²) in [5.74, 6) is 0.666. The van der Waals surface area contributed by atoms with Crippen molar-refractivity contribution >= 4 is 17.4 Å². The molecule has 2 aromatic carbocycles. The fourth-order valence-electron chi connectivity index (χ4n) is 4.31. The summed E-state index contributed by atoms with van der Waals surface area (Å²) in [6, 6.07) is 17.1. The van der Waals surface area contributed by atoms with Crippen LogP contribution in [0, 0.1) is 0 Å². The lowest BCUT2D eigenvalue weighted by Gasteiger charge is -2.24. The van der Waals surface area contributed by atoms with Crippen LogP contribution in [-0.4, -0.2) is 19.1 Å². The first-order valence-electron chi connectivity index (χ1n) is 10.0. The molecule has 0 spiro atoms. The van der Waals surface area contributed by atoms with Gasteiger partial charge in [0.15, 0.2) is 0 Å². The molecule has 0 bridgehead atoms. The van der Waals surface area contributed by atoms with Crippen LogP contribution in [0.1, 0.15) is 56.1 Å². The third-order valence-electron chi connectivity index (χ3n) is 5.92. The average molecular weight is 348 g/mol. The molecule has 0 atom stereocenters. The number of hydrogen-bond acceptors (Lipinski definition) is 1. The van der Waals surface area contributed by atoms with Gasteiger partial charge in [-0.1, -0.05) is 50.5 Å². The Labute approximate surface area is 156 Å². The fraction of sp³-hybridized carbons (Fsp3) is 0.435. The van der Waals surface area contributed by atoms with Gasteiger partial charge in [-0.05, 0) is 60.6 Å². The molecule has 3 heteroatoms. The van der Waals surface area contributed by atoms with Crippen molar-refractivity contribution in [3.8, 4) is 0 Å². The molecule has 1 heterocycles. The molecule has 3 nitrogen and oxygen atoms in total. The van der Waals surface area contributed by atoms with Crippen LogP contribution in [0.5, 0.6) is 0 Å². The number of amides is 2. The lowest BCUT2D eigenvalue weighted by atomic mass is 9.84. The lowest BCUT2D eigenvalue weighted by molar-refractivity contribution is 0.256. The predicted octanol–water partition coefficient (Wildman–Crippen LogP) is 5.74. The van der Waals surface area contributed by atoms with Gasteiger partial charge in [-0.3, -0.25) is 9.80 Å². The van der Waals surface area contributed by atoms with Crippen molar-refractivity contribution in [3.05, 3.63) is 59.7 Å². The van der Waals surface area contributed by atoms with Crippen LogP contribution in [0.2, 0.25) is 0 Å². The summed E-state index contributed by atoms with van der Waals surface area (Å²) < 4.78 is 0. The SMILES string of the molecule is CCc1ccc(N2CCN(c3cccc(C4CCCCC4)c3)C2=O)cc1. The minimum absolute atomic E-state index is 0.0926. The number of carbonyl (C=O) groups excluding carboxylic acids is 1. The molecule has 136 valence electrons. The molecule has 4 rings (SSSR count). The van der Waals surface area contributed by atoms with E-state index in [-0.39, 0.29) is 6.03 Å². The molecule has 2 fully saturated rings. The second kappa shape index (κ2) is 7.53. The van der Waals surface area contributed by atoms with Crippen molar-refractivity contribution in [3.63, 3.8) is 0 Å². The van der Waals surface area contributed by atoms with Crippen molar-refractivity contribution in [2.75, 3.05) is 22.9 Å². The van der Waals surface area contributed by atoms with Crippen LogP contribution in [0.25, 0.3) is 0 Å². The maximum atomic E-state index is 13.0. The van der Waals surface area contributed by atoms with Gasteiger partial charge in [0.25, 0.3) is 0 Å². The Hall–Kier alpha value is -2.29. The molecule has 1 aliphatic carbocycles. The number of hydrogen-bond donors (Lipinski definition) is 0. The maximum absolute atomic E-state index is 13.0. The number of nitrogens with zero attached hydrogens (tertiary/aromatic N) is 2. The van der Waals surface area contributed by atoms with E-state index in [9.17, 15) is 4.79 Å². The van der Waals surface area contributed by atoms with Crippen LogP contribution >= 0.6 is 0 Å². The highest BCUT2D eigenvalue weighted by Crippen LogP contribution is 2.35. The zero-order valence-electron chi connectivity index (χ0n) is 15.7. The van der Waals surface area contributed by atoms with Gasteiger partial charge in [-0.2, -0.15) is 0 Å². The van der Waals surface area contributed by atoms with E-state index in [1.807, 2.05) is 9.80 Å². The van der Waals surface area contributed by atoms with E-state index in [0.29, 0.717) is 5.92 Å². The quantitative estimate of drug-likeness (QED) is 0.691. The van der Waals surface area contributed by atoms with Gasteiger partial charge in [0.05, 0.1) is 0 Å². The molecular formula is C23H28N2O. The normalized spacial score (nSPS) is 18.6. The highest BCUT2D eigenvalue weighted by Gasteiger charge is 2.31. The molecule has 26 heavy (non-hydrogen) atoms. The Morgan fingerprint density at radius 3 is 2.27 bits per heavy atom. The van der Waals surface area contributed by atoms with Gasteiger partial charge in [0.1, 0.15) is 0 Å². The second-order valence-electron chi connectivity index (χ2n) is 7.54. The van der Waals surface area contributed by atoms with Gasteiger partial charge in [0.2, 0.25) is 0 Å². The summed E-state index contributed by atoms with van der Waals surface area (Å²) >= 11 is 0. The van der Waals surface area contributed by atoms with E-state index in [1.54, 1.807) is 0 Å². The minimum atomic E-state index is 0.0926. The zero-order valence-corrected chi connectivity index (χ0v) is 15.7. The summed E-state index contributed by atoms with van der Waals surface area (Å²) in [6.07, 6.45) is 7.62. The topological polar surface area (TPSA) is 23.6 Å². The molecule has 2 aromatic rings.